The Morgan fingerprint density at radius 3 is 2.67 bits per heavy atom. The van der Waals surface area contributed by atoms with E-state index in [9.17, 15) is 4.79 Å². The summed E-state index contributed by atoms with van der Waals surface area (Å²) >= 11 is 0. The Kier molecular flexibility index (Phi) is 4.94. The Morgan fingerprint density at radius 2 is 2.05 bits per heavy atom. The van der Waals surface area contributed by atoms with Crippen LogP contribution >= 0.6 is 0 Å². The van der Waals surface area contributed by atoms with Gasteiger partial charge in [0.1, 0.15) is 0 Å². The molecule has 1 aromatic heterocycles. The minimum absolute atomic E-state index is 0.0804. The minimum atomic E-state index is -0.0804. The topological polar surface area (TPSA) is 68.2 Å². The molecule has 0 fully saturated rings. The highest BCUT2D eigenvalue weighted by atomic mass is 16.5. The highest BCUT2D eigenvalue weighted by molar-refractivity contribution is 5.88. The highest BCUT2D eigenvalue weighted by Crippen LogP contribution is 2.18. The van der Waals surface area contributed by atoms with E-state index in [0.717, 1.165) is 23.0 Å². The van der Waals surface area contributed by atoms with Crippen LogP contribution in [0.5, 0.6) is 0 Å². The summed E-state index contributed by atoms with van der Waals surface area (Å²) in [5.74, 6) is 0.694. The van der Waals surface area contributed by atoms with Crippen molar-refractivity contribution in [2.75, 3.05) is 30.9 Å². The number of benzene rings is 1. The van der Waals surface area contributed by atoms with Crippen molar-refractivity contribution in [3.05, 3.63) is 36.2 Å². The van der Waals surface area contributed by atoms with E-state index in [0.29, 0.717) is 13.2 Å². The average molecular weight is 288 g/mol. The number of ether oxygens (including phenoxy) is 1. The summed E-state index contributed by atoms with van der Waals surface area (Å²) < 4.78 is 7.00. The largest absolute Gasteiger partial charge is 0.383 e. The van der Waals surface area contributed by atoms with Crippen LogP contribution < -0.4 is 10.6 Å². The van der Waals surface area contributed by atoms with E-state index in [2.05, 4.69) is 15.6 Å². The lowest BCUT2D eigenvalue weighted by molar-refractivity contribution is -0.114. The summed E-state index contributed by atoms with van der Waals surface area (Å²) in [6.07, 6.45) is 1.96. The molecule has 1 heterocycles. The van der Waals surface area contributed by atoms with Gasteiger partial charge in [-0.15, -0.1) is 0 Å². The van der Waals surface area contributed by atoms with Crippen molar-refractivity contribution >= 4 is 17.5 Å². The number of carbonyl (C=O) groups excluding carboxylic acids is 1. The van der Waals surface area contributed by atoms with Gasteiger partial charge >= 0.3 is 0 Å². The Balaban J connectivity index is 2.18. The van der Waals surface area contributed by atoms with Crippen LogP contribution in [0.3, 0.4) is 0 Å². The fourth-order valence-electron chi connectivity index (χ4n) is 1.99. The molecule has 0 aliphatic rings. The summed E-state index contributed by atoms with van der Waals surface area (Å²) in [4.78, 5) is 15.5. The lowest BCUT2D eigenvalue weighted by Gasteiger charge is -2.10. The van der Waals surface area contributed by atoms with Gasteiger partial charge in [-0.1, -0.05) is 0 Å². The van der Waals surface area contributed by atoms with Gasteiger partial charge in [-0.2, -0.15) is 0 Å². The SMILES string of the molecule is COCCNc1nc(C)cn1-c1ccc(NC(C)=O)cc1. The Hall–Kier alpha value is -2.34. The molecule has 0 spiro atoms. The molecular weight excluding hydrogens is 268 g/mol. The van der Waals surface area contributed by atoms with Gasteiger partial charge in [0.05, 0.1) is 12.3 Å². The first-order valence-corrected chi connectivity index (χ1v) is 6.77. The molecule has 0 bridgehead atoms. The zero-order chi connectivity index (χ0) is 15.2. The van der Waals surface area contributed by atoms with Crippen LogP contribution in [0.2, 0.25) is 0 Å². The van der Waals surface area contributed by atoms with E-state index >= 15 is 0 Å². The third kappa shape index (κ3) is 4.06. The fourth-order valence-corrected chi connectivity index (χ4v) is 1.99. The second-order valence-corrected chi connectivity index (χ2v) is 4.72. The molecule has 0 radical (unpaired) electrons. The van der Waals surface area contributed by atoms with Crippen molar-refractivity contribution in [1.82, 2.24) is 9.55 Å². The molecule has 0 atom stereocenters. The fraction of sp³-hybridized carbons (Fsp3) is 0.333. The summed E-state index contributed by atoms with van der Waals surface area (Å²) in [6, 6.07) is 7.61. The zero-order valence-corrected chi connectivity index (χ0v) is 12.5. The van der Waals surface area contributed by atoms with Crippen LogP contribution in [0.15, 0.2) is 30.5 Å². The maximum Gasteiger partial charge on any atom is 0.221 e. The van der Waals surface area contributed by atoms with Crippen LogP contribution in [0.4, 0.5) is 11.6 Å². The quantitative estimate of drug-likeness (QED) is 0.800. The molecule has 6 nitrogen and oxygen atoms in total. The van der Waals surface area contributed by atoms with E-state index in [1.165, 1.54) is 6.92 Å². The lowest BCUT2D eigenvalue weighted by Crippen LogP contribution is -2.11. The molecule has 0 unspecified atom stereocenters. The maximum atomic E-state index is 11.0. The molecule has 0 aliphatic carbocycles. The summed E-state index contributed by atoms with van der Waals surface area (Å²) in [7, 11) is 1.67. The Bertz CT molecular complexity index is 605. The molecule has 1 aromatic carbocycles. The van der Waals surface area contributed by atoms with Gasteiger partial charge in [-0.05, 0) is 31.2 Å². The third-order valence-electron chi connectivity index (χ3n) is 2.88. The van der Waals surface area contributed by atoms with E-state index in [1.54, 1.807) is 7.11 Å². The second-order valence-electron chi connectivity index (χ2n) is 4.72. The number of nitrogens with one attached hydrogen (secondary N) is 2. The molecule has 2 N–H and O–H groups in total. The van der Waals surface area contributed by atoms with E-state index in [1.807, 2.05) is 42.0 Å². The van der Waals surface area contributed by atoms with Crippen LogP contribution in [0.1, 0.15) is 12.6 Å². The Labute approximate surface area is 124 Å². The van der Waals surface area contributed by atoms with Gasteiger partial charge in [0.2, 0.25) is 11.9 Å². The number of hydrogen-bond donors (Lipinski definition) is 2. The number of methoxy groups -OCH3 is 1. The molecular formula is C15H20N4O2. The van der Waals surface area contributed by atoms with E-state index in [-0.39, 0.29) is 5.91 Å². The number of nitrogens with zero attached hydrogens (tertiary/aromatic N) is 2. The molecule has 6 heteroatoms. The predicted octanol–water partition coefficient (Wildman–Crippen LogP) is 2.20. The number of aromatic nitrogens is 2. The summed E-state index contributed by atoms with van der Waals surface area (Å²) in [6.45, 7) is 4.75. The van der Waals surface area contributed by atoms with Gasteiger partial charge in [0.25, 0.3) is 0 Å². The number of hydrogen-bond acceptors (Lipinski definition) is 4. The van der Waals surface area contributed by atoms with Crippen LogP contribution in [-0.4, -0.2) is 35.7 Å². The van der Waals surface area contributed by atoms with E-state index in [4.69, 9.17) is 4.74 Å². The smallest absolute Gasteiger partial charge is 0.221 e. The first-order chi connectivity index (χ1) is 10.1. The first kappa shape index (κ1) is 15.1. The van der Waals surface area contributed by atoms with Crippen molar-refractivity contribution in [1.29, 1.82) is 0 Å². The molecule has 2 aromatic rings. The highest BCUT2D eigenvalue weighted by Gasteiger charge is 2.07. The molecule has 0 aliphatic heterocycles. The molecule has 21 heavy (non-hydrogen) atoms. The number of imidazole rings is 1. The third-order valence-corrected chi connectivity index (χ3v) is 2.88. The molecule has 2 rings (SSSR count). The van der Waals surface area contributed by atoms with Crippen LogP contribution in [-0.2, 0) is 9.53 Å². The molecule has 0 saturated carbocycles. The van der Waals surface area contributed by atoms with Crippen molar-refractivity contribution in [3.63, 3.8) is 0 Å². The molecule has 112 valence electrons. The van der Waals surface area contributed by atoms with Crippen molar-refractivity contribution in [2.45, 2.75) is 13.8 Å². The number of rotatable bonds is 6. The van der Waals surface area contributed by atoms with Gasteiger partial charge < -0.3 is 15.4 Å². The molecule has 1 amide bonds. The second kappa shape index (κ2) is 6.90. The normalized spacial score (nSPS) is 10.4. The van der Waals surface area contributed by atoms with Gasteiger partial charge in [0, 0.05) is 38.1 Å². The number of carbonyl (C=O) groups is 1. The standard InChI is InChI=1S/C15H20N4O2/c1-11-10-19(15(17-11)16-8-9-21-3)14-6-4-13(5-7-14)18-12(2)20/h4-7,10H,8-9H2,1-3H3,(H,16,17)(H,18,20). The molecule has 0 saturated heterocycles. The summed E-state index contributed by atoms with van der Waals surface area (Å²) in [5.41, 5.74) is 2.68. The number of anilines is 2. The maximum absolute atomic E-state index is 11.0. The minimum Gasteiger partial charge on any atom is -0.383 e. The zero-order valence-electron chi connectivity index (χ0n) is 12.5. The summed E-state index contributed by atoms with van der Waals surface area (Å²) in [5, 5.41) is 5.99. The first-order valence-electron chi connectivity index (χ1n) is 6.77. The van der Waals surface area contributed by atoms with Crippen LogP contribution in [0.25, 0.3) is 5.69 Å². The number of amides is 1. The van der Waals surface area contributed by atoms with Crippen molar-refractivity contribution in [2.24, 2.45) is 0 Å². The van der Waals surface area contributed by atoms with Crippen LogP contribution in [0, 0.1) is 6.92 Å². The van der Waals surface area contributed by atoms with Crippen molar-refractivity contribution in [3.8, 4) is 5.69 Å². The predicted molar refractivity (Wildman–Crippen MR) is 83.0 cm³/mol. The average Bonchev–Trinajstić information content (AvgIpc) is 2.80. The van der Waals surface area contributed by atoms with Gasteiger partial charge in [-0.3, -0.25) is 9.36 Å². The monoisotopic (exact) mass is 288 g/mol. The Morgan fingerprint density at radius 1 is 1.33 bits per heavy atom. The van der Waals surface area contributed by atoms with E-state index < -0.39 is 0 Å². The lowest BCUT2D eigenvalue weighted by atomic mass is 10.2. The van der Waals surface area contributed by atoms with Gasteiger partial charge in [-0.25, -0.2) is 4.98 Å². The van der Waals surface area contributed by atoms with Crippen molar-refractivity contribution < 1.29 is 9.53 Å². The number of aryl methyl sites for hydroxylation is 1. The van der Waals surface area contributed by atoms with Gasteiger partial charge in [0.15, 0.2) is 0 Å².